The average Bonchev–Trinajstić information content (AvgIpc) is 2.37. The first-order valence-electron chi connectivity index (χ1n) is 5.73. The highest BCUT2D eigenvalue weighted by molar-refractivity contribution is 5.43. The maximum Gasteiger partial charge on any atom is 0.344 e. The molecule has 0 saturated heterocycles. The first kappa shape index (κ1) is 13.8. The number of non-ortho nitro benzene ring substituents is 1. The zero-order valence-corrected chi connectivity index (χ0v) is 10.6. The van der Waals surface area contributed by atoms with Gasteiger partial charge in [0.2, 0.25) is 0 Å². The second kappa shape index (κ2) is 5.14. The highest BCUT2D eigenvalue weighted by Gasteiger charge is 2.20. The second-order valence-electron chi connectivity index (χ2n) is 4.27. The van der Waals surface area contributed by atoms with Gasteiger partial charge < -0.3 is 15.3 Å². The molecule has 7 nitrogen and oxygen atoms in total. The van der Waals surface area contributed by atoms with Crippen molar-refractivity contribution in [1.82, 2.24) is 0 Å². The maximum absolute atomic E-state index is 11.8. The summed E-state index contributed by atoms with van der Waals surface area (Å²) in [4.78, 5) is 21.9. The van der Waals surface area contributed by atoms with Gasteiger partial charge >= 0.3 is 5.63 Å². The maximum atomic E-state index is 11.8. The Labute approximate surface area is 113 Å². The fourth-order valence-electron chi connectivity index (χ4n) is 1.89. The van der Waals surface area contributed by atoms with Crippen LogP contribution >= 0.6 is 0 Å². The van der Waals surface area contributed by atoms with Crippen molar-refractivity contribution in [3.63, 3.8) is 0 Å². The van der Waals surface area contributed by atoms with Crippen LogP contribution in [0.2, 0.25) is 0 Å². The Hall–Kier alpha value is -2.67. The molecule has 7 heteroatoms. The molecule has 3 N–H and O–H groups in total. The Kier molecular flexibility index (Phi) is 3.53. The molecule has 0 radical (unpaired) electrons. The minimum Gasteiger partial charge on any atom is -0.507 e. The standard InChI is InChI=1S/C13H12N2O5/c1-7-5-10(16)11(13(17)20-7)12(14)8-3-2-4-9(6-8)15(18)19/h2-6,12,16H,14H2,1H3. The molecule has 1 atom stereocenters. The summed E-state index contributed by atoms with van der Waals surface area (Å²) < 4.78 is 4.88. The van der Waals surface area contributed by atoms with Crippen molar-refractivity contribution in [2.24, 2.45) is 5.73 Å². The van der Waals surface area contributed by atoms with Crippen LogP contribution in [0.5, 0.6) is 5.75 Å². The average molecular weight is 276 g/mol. The number of nitrogens with zero attached hydrogens (tertiary/aromatic N) is 1. The third-order valence-electron chi connectivity index (χ3n) is 2.84. The summed E-state index contributed by atoms with van der Waals surface area (Å²) in [6, 6.07) is 5.83. The Balaban J connectivity index is 2.52. The van der Waals surface area contributed by atoms with Crippen molar-refractivity contribution < 1.29 is 14.4 Å². The van der Waals surface area contributed by atoms with E-state index in [-0.39, 0.29) is 22.8 Å². The minimum absolute atomic E-state index is 0.129. The number of hydrogen-bond acceptors (Lipinski definition) is 6. The zero-order valence-electron chi connectivity index (χ0n) is 10.6. The molecule has 0 bridgehead atoms. The third-order valence-corrected chi connectivity index (χ3v) is 2.84. The normalized spacial score (nSPS) is 12.1. The summed E-state index contributed by atoms with van der Waals surface area (Å²) in [6.45, 7) is 1.52. The van der Waals surface area contributed by atoms with Gasteiger partial charge in [0.05, 0.1) is 11.0 Å². The van der Waals surface area contributed by atoms with Crippen LogP contribution in [-0.2, 0) is 0 Å². The van der Waals surface area contributed by atoms with Gasteiger partial charge in [-0.25, -0.2) is 4.79 Å². The molecule has 2 aromatic rings. The SMILES string of the molecule is Cc1cc(O)c(C(N)c2cccc([N+](=O)[O-])c2)c(=O)o1. The molecule has 1 unspecified atom stereocenters. The topological polar surface area (TPSA) is 120 Å². The van der Waals surface area contributed by atoms with Crippen LogP contribution < -0.4 is 11.4 Å². The lowest BCUT2D eigenvalue weighted by Gasteiger charge is -2.12. The van der Waals surface area contributed by atoms with Gasteiger partial charge in [0.15, 0.2) is 0 Å². The summed E-state index contributed by atoms with van der Waals surface area (Å²) in [7, 11) is 0. The van der Waals surface area contributed by atoms with E-state index in [9.17, 15) is 20.0 Å². The summed E-state index contributed by atoms with van der Waals surface area (Å²) in [5.74, 6) is -0.0414. The van der Waals surface area contributed by atoms with Crippen LogP contribution in [0.1, 0.15) is 22.9 Å². The Morgan fingerprint density at radius 3 is 2.70 bits per heavy atom. The molecule has 0 spiro atoms. The zero-order chi connectivity index (χ0) is 14.9. The predicted molar refractivity (Wildman–Crippen MR) is 70.5 cm³/mol. The summed E-state index contributed by atoms with van der Waals surface area (Å²) in [5.41, 5.74) is 5.20. The van der Waals surface area contributed by atoms with E-state index in [0.717, 1.165) is 0 Å². The number of nitro groups is 1. The summed E-state index contributed by atoms with van der Waals surface area (Å²) in [5, 5.41) is 20.5. The number of benzene rings is 1. The molecule has 0 fully saturated rings. The van der Waals surface area contributed by atoms with Crippen molar-refractivity contribution in [1.29, 1.82) is 0 Å². The highest BCUT2D eigenvalue weighted by Crippen LogP contribution is 2.27. The molecule has 0 amide bonds. The van der Waals surface area contributed by atoms with Gasteiger partial charge in [0.1, 0.15) is 17.1 Å². The van der Waals surface area contributed by atoms with Gasteiger partial charge in [-0.1, -0.05) is 12.1 Å². The molecule has 1 aromatic carbocycles. The molecular weight excluding hydrogens is 264 g/mol. The van der Waals surface area contributed by atoms with E-state index in [4.69, 9.17) is 10.2 Å². The van der Waals surface area contributed by atoms with Crippen LogP contribution in [0.25, 0.3) is 0 Å². The molecule has 0 aliphatic carbocycles. The van der Waals surface area contributed by atoms with E-state index >= 15 is 0 Å². The molecule has 0 aliphatic rings. The number of rotatable bonds is 3. The van der Waals surface area contributed by atoms with Crippen LogP contribution in [-0.4, -0.2) is 10.0 Å². The lowest BCUT2D eigenvalue weighted by molar-refractivity contribution is -0.384. The Bertz CT molecular complexity index is 723. The van der Waals surface area contributed by atoms with Crippen molar-refractivity contribution in [3.05, 3.63) is 67.8 Å². The summed E-state index contributed by atoms with van der Waals surface area (Å²) in [6.07, 6.45) is 0. The van der Waals surface area contributed by atoms with E-state index < -0.39 is 16.6 Å². The Morgan fingerprint density at radius 1 is 1.40 bits per heavy atom. The highest BCUT2D eigenvalue weighted by atomic mass is 16.6. The third kappa shape index (κ3) is 2.52. The monoisotopic (exact) mass is 276 g/mol. The first-order chi connectivity index (χ1) is 9.40. The lowest BCUT2D eigenvalue weighted by Crippen LogP contribution is -2.21. The molecule has 0 saturated carbocycles. The van der Waals surface area contributed by atoms with E-state index in [1.54, 1.807) is 0 Å². The first-order valence-corrected chi connectivity index (χ1v) is 5.73. The van der Waals surface area contributed by atoms with Gasteiger partial charge in [-0.2, -0.15) is 0 Å². The smallest absolute Gasteiger partial charge is 0.344 e. The number of nitrogens with two attached hydrogens (primary N) is 1. The minimum atomic E-state index is -1.01. The number of aryl methyl sites for hydroxylation is 1. The van der Waals surface area contributed by atoms with Crippen molar-refractivity contribution in [3.8, 4) is 5.75 Å². The van der Waals surface area contributed by atoms with Crippen LogP contribution in [0.15, 0.2) is 39.5 Å². The number of hydrogen-bond donors (Lipinski definition) is 2. The van der Waals surface area contributed by atoms with Crippen LogP contribution in [0.4, 0.5) is 5.69 Å². The summed E-state index contributed by atoms with van der Waals surface area (Å²) >= 11 is 0. The van der Waals surface area contributed by atoms with Crippen LogP contribution in [0.3, 0.4) is 0 Å². The van der Waals surface area contributed by atoms with Gasteiger partial charge in [-0.15, -0.1) is 0 Å². The fraction of sp³-hybridized carbons (Fsp3) is 0.154. The lowest BCUT2D eigenvalue weighted by atomic mass is 10.00. The van der Waals surface area contributed by atoms with Crippen molar-refractivity contribution in [2.45, 2.75) is 13.0 Å². The number of nitro benzene ring substituents is 1. The molecule has 104 valence electrons. The van der Waals surface area contributed by atoms with Gasteiger partial charge in [-0.05, 0) is 12.5 Å². The van der Waals surface area contributed by atoms with Gasteiger partial charge in [-0.3, -0.25) is 10.1 Å². The van der Waals surface area contributed by atoms with E-state index in [1.807, 2.05) is 0 Å². The molecular formula is C13H12N2O5. The van der Waals surface area contributed by atoms with Crippen LogP contribution in [0, 0.1) is 17.0 Å². The molecule has 1 aromatic heterocycles. The molecule has 20 heavy (non-hydrogen) atoms. The second-order valence-corrected chi connectivity index (χ2v) is 4.27. The van der Waals surface area contributed by atoms with E-state index in [2.05, 4.69) is 0 Å². The van der Waals surface area contributed by atoms with Crippen molar-refractivity contribution in [2.75, 3.05) is 0 Å². The predicted octanol–water partition coefficient (Wildman–Crippen LogP) is 1.61. The van der Waals surface area contributed by atoms with Crippen molar-refractivity contribution >= 4 is 5.69 Å². The quantitative estimate of drug-likeness (QED) is 0.649. The Morgan fingerprint density at radius 2 is 2.10 bits per heavy atom. The molecule has 2 rings (SSSR count). The fourth-order valence-corrected chi connectivity index (χ4v) is 1.89. The van der Waals surface area contributed by atoms with E-state index in [0.29, 0.717) is 5.56 Å². The van der Waals surface area contributed by atoms with E-state index in [1.165, 1.54) is 37.3 Å². The molecule has 1 heterocycles. The molecule has 0 aliphatic heterocycles. The van der Waals surface area contributed by atoms with Gasteiger partial charge in [0.25, 0.3) is 5.69 Å². The van der Waals surface area contributed by atoms with Gasteiger partial charge in [0, 0.05) is 18.2 Å². The number of aromatic hydroxyl groups is 1. The largest absolute Gasteiger partial charge is 0.507 e.